The van der Waals surface area contributed by atoms with E-state index in [-0.39, 0.29) is 5.91 Å². The first kappa shape index (κ1) is 21.6. The lowest BCUT2D eigenvalue weighted by molar-refractivity contribution is 0.0950. The van der Waals surface area contributed by atoms with Crippen molar-refractivity contribution in [3.05, 3.63) is 94.0 Å². The molecule has 0 radical (unpaired) electrons. The average Bonchev–Trinajstić information content (AvgIpc) is 2.77. The van der Waals surface area contributed by atoms with E-state index >= 15 is 0 Å². The summed E-state index contributed by atoms with van der Waals surface area (Å²) >= 11 is 3.45. The molecule has 0 atom stereocenters. The maximum Gasteiger partial charge on any atom is 0.275 e. The number of nitrogens with zero attached hydrogens (tertiary/aromatic N) is 1. The van der Waals surface area contributed by atoms with Gasteiger partial charge in [-0.25, -0.2) is 5.43 Å². The highest BCUT2D eigenvalue weighted by Gasteiger charge is 2.11. The third kappa shape index (κ3) is 6.46. The fraction of sp³-hybridized carbons (Fsp3) is 0.167. The second-order valence-corrected chi connectivity index (χ2v) is 7.45. The Morgan fingerprint density at radius 1 is 1.03 bits per heavy atom. The van der Waals surface area contributed by atoms with E-state index < -0.39 is 0 Å². The zero-order chi connectivity index (χ0) is 21.2. The molecular weight excluding hydrogens is 444 g/mol. The van der Waals surface area contributed by atoms with Gasteiger partial charge in [0, 0.05) is 4.47 Å². The average molecular weight is 467 g/mol. The van der Waals surface area contributed by atoms with Crippen molar-refractivity contribution in [1.82, 2.24) is 5.43 Å². The van der Waals surface area contributed by atoms with Gasteiger partial charge in [0.25, 0.3) is 5.91 Å². The molecule has 0 spiro atoms. The van der Waals surface area contributed by atoms with E-state index in [9.17, 15) is 4.79 Å². The summed E-state index contributed by atoms with van der Waals surface area (Å²) in [6, 6.07) is 22.5. The van der Waals surface area contributed by atoms with Gasteiger partial charge in [-0.05, 0) is 66.1 Å². The molecule has 0 bridgehead atoms. The molecule has 0 saturated heterocycles. The smallest absolute Gasteiger partial charge is 0.275 e. The van der Waals surface area contributed by atoms with E-state index in [0.29, 0.717) is 24.5 Å². The maximum atomic E-state index is 12.6. The van der Waals surface area contributed by atoms with Gasteiger partial charge in [0.1, 0.15) is 18.1 Å². The fourth-order valence-electron chi connectivity index (χ4n) is 2.66. The Hall–Kier alpha value is -3.12. The van der Waals surface area contributed by atoms with Crippen LogP contribution in [-0.4, -0.2) is 18.7 Å². The number of carbonyl (C=O) groups excluding carboxylic acids is 1. The molecule has 0 aliphatic carbocycles. The van der Waals surface area contributed by atoms with Gasteiger partial charge in [-0.1, -0.05) is 47.1 Å². The lowest BCUT2D eigenvalue weighted by Gasteiger charge is -2.10. The SMILES string of the molecule is CCCOc1ccc(/C=N\NC(=O)c2ccccc2OCc2cccc(Br)c2)cc1. The first-order valence-corrected chi connectivity index (χ1v) is 10.5. The highest BCUT2D eigenvalue weighted by atomic mass is 79.9. The molecule has 6 heteroatoms. The number of nitrogens with one attached hydrogen (secondary N) is 1. The molecule has 3 aromatic rings. The quantitative estimate of drug-likeness (QED) is 0.330. The molecule has 5 nitrogen and oxygen atoms in total. The molecule has 0 fully saturated rings. The molecular formula is C24H23BrN2O3. The number of ether oxygens (including phenoxy) is 2. The number of hydrazone groups is 1. The normalized spacial score (nSPS) is 10.7. The van der Waals surface area contributed by atoms with Crippen molar-refractivity contribution in [2.75, 3.05) is 6.61 Å². The predicted octanol–water partition coefficient (Wildman–Crippen LogP) is 5.58. The van der Waals surface area contributed by atoms with Crippen molar-refractivity contribution >= 4 is 28.1 Å². The highest BCUT2D eigenvalue weighted by Crippen LogP contribution is 2.20. The topological polar surface area (TPSA) is 59.9 Å². The van der Waals surface area contributed by atoms with Crippen molar-refractivity contribution in [2.24, 2.45) is 5.10 Å². The summed E-state index contributed by atoms with van der Waals surface area (Å²) in [5.74, 6) is 0.983. The molecule has 3 rings (SSSR count). The van der Waals surface area contributed by atoms with Crippen LogP contribution in [0.1, 0.15) is 34.8 Å². The van der Waals surface area contributed by atoms with Crippen molar-refractivity contribution in [3.63, 3.8) is 0 Å². The largest absolute Gasteiger partial charge is 0.494 e. The van der Waals surface area contributed by atoms with Crippen LogP contribution < -0.4 is 14.9 Å². The number of carbonyl (C=O) groups is 1. The summed E-state index contributed by atoms with van der Waals surface area (Å²) in [4.78, 5) is 12.6. The third-order valence-electron chi connectivity index (χ3n) is 4.15. The maximum absolute atomic E-state index is 12.6. The van der Waals surface area contributed by atoms with Gasteiger partial charge in [-0.2, -0.15) is 5.10 Å². The van der Waals surface area contributed by atoms with Crippen LogP contribution in [-0.2, 0) is 6.61 Å². The van der Waals surface area contributed by atoms with Gasteiger partial charge in [-0.3, -0.25) is 4.79 Å². The lowest BCUT2D eigenvalue weighted by Crippen LogP contribution is -2.18. The summed E-state index contributed by atoms with van der Waals surface area (Å²) in [5.41, 5.74) is 4.84. The summed E-state index contributed by atoms with van der Waals surface area (Å²) in [7, 11) is 0. The molecule has 0 aliphatic rings. The second-order valence-electron chi connectivity index (χ2n) is 6.53. The van der Waals surface area contributed by atoms with Gasteiger partial charge < -0.3 is 9.47 Å². The second kappa shape index (κ2) is 11.2. The van der Waals surface area contributed by atoms with Gasteiger partial charge in [0.2, 0.25) is 0 Å². The number of halogens is 1. The van der Waals surface area contributed by atoms with Crippen LogP contribution in [0.5, 0.6) is 11.5 Å². The molecule has 0 saturated carbocycles. The summed E-state index contributed by atoms with van der Waals surface area (Å²) in [6.07, 6.45) is 2.55. The summed E-state index contributed by atoms with van der Waals surface area (Å²) in [6.45, 7) is 3.11. The number of para-hydroxylation sites is 1. The molecule has 1 amide bonds. The van der Waals surface area contributed by atoms with E-state index in [1.165, 1.54) is 0 Å². The Morgan fingerprint density at radius 2 is 1.83 bits per heavy atom. The van der Waals surface area contributed by atoms with Crippen molar-refractivity contribution in [3.8, 4) is 11.5 Å². The van der Waals surface area contributed by atoms with Crippen LogP contribution in [0.4, 0.5) is 0 Å². The van der Waals surface area contributed by atoms with Crippen LogP contribution in [0.2, 0.25) is 0 Å². The zero-order valence-electron chi connectivity index (χ0n) is 16.7. The molecule has 1 N–H and O–H groups in total. The van der Waals surface area contributed by atoms with Crippen molar-refractivity contribution in [1.29, 1.82) is 0 Å². The third-order valence-corrected chi connectivity index (χ3v) is 4.64. The van der Waals surface area contributed by atoms with Gasteiger partial charge in [0.15, 0.2) is 0 Å². The minimum absolute atomic E-state index is 0.334. The predicted molar refractivity (Wildman–Crippen MR) is 122 cm³/mol. The van der Waals surface area contributed by atoms with Crippen LogP contribution in [0, 0.1) is 0 Å². The Kier molecular flexibility index (Phi) is 8.03. The van der Waals surface area contributed by atoms with Crippen molar-refractivity contribution < 1.29 is 14.3 Å². The molecule has 0 heterocycles. The van der Waals surface area contributed by atoms with E-state index in [1.807, 2.05) is 54.6 Å². The minimum atomic E-state index is -0.334. The van der Waals surface area contributed by atoms with Crippen LogP contribution >= 0.6 is 15.9 Å². The first-order valence-electron chi connectivity index (χ1n) is 9.68. The molecule has 0 aromatic heterocycles. The Balaban J connectivity index is 1.59. The Bertz CT molecular complexity index is 1000. The van der Waals surface area contributed by atoms with Crippen LogP contribution in [0.25, 0.3) is 0 Å². The monoisotopic (exact) mass is 466 g/mol. The van der Waals surface area contributed by atoms with E-state index in [2.05, 4.69) is 33.4 Å². The van der Waals surface area contributed by atoms with Crippen LogP contribution in [0.3, 0.4) is 0 Å². The summed E-state index contributed by atoms with van der Waals surface area (Å²) < 4.78 is 12.4. The van der Waals surface area contributed by atoms with Crippen LogP contribution in [0.15, 0.2) is 82.4 Å². The van der Waals surface area contributed by atoms with Crippen molar-refractivity contribution in [2.45, 2.75) is 20.0 Å². The Morgan fingerprint density at radius 3 is 2.60 bits per heavy atom. The van der Waals surface area contributed by atoms with Gasteiger partial charge >= 0.3 is 0 Å². The zero-order valence-corrected chi connectivity index (χ0v) is 18.3. The van der Waals surface area contributed by atoms with E-state index in [4.69, 9.17) is 9.47 Å². The number of amides is 1. The number of rotatable bonds is 9. The molecule has 154 valence electrons. The highest BCUT2D eigenvalue weighted by molar-refractivity contribution is 9.10. The molecule has 0 unspecified atom stereocenters. The standard InChI is InChI=1S/C24H23BrN2O3/c1-2-14-29-21-12-10-18(11-13-21)16-26-27-24(28)22-8-3-4-9-23(22)30-17-19-6-5-7-20(25)15-19/h3-13,15-16H,2,14,17H2,1H3,(H,27,28)/b26-16-. The van der Waals surface area contributed by atoms with Gasteiger partial charge in [0.05, 0.1) is 18.4 Å². The number of hydrogen-bond donors (Lipinski definition) is 1. The lowest BCUT2D eigenvalue weighted by atomic mass is 10.2. The summed E-state index contributed by atoms with van der Waals surface area (Å²) in [5, 5.41) is 4.05. The van der Waals surface area contributed by atoms with E-state index in [1.54, 1.807) is 24.4 Å². The van der Waals surface area contributed by atoms with E-state index in [0.717, 1.165) is 27.8 Å². The number of hydrogen-bond acceptors (Lipinski definition) is 4. The molecule has 30 heavy (non-hydrogen) atoms. The van der Waals surface area contributed by atoms with Gasteiger partial charge in [-0.15, -0.1) is 0 Å². The minimum Gasteiger partial charge on any atom is -0.494 e. The first-order chi connectivity index (χ1) is 14.7. The number of benzene rings is 3. The molecule has 3 aromatic carbocycles. The fourth-order valence-corrected chi connectivity index (χ4v) is 3.11. The Labute approximate surface area is 184 Å². The molecule has 0 aliphatic heterocycles.